The predicted octanol–water partition coefficient (Wildman–Crippen LogP) is 2.85. The van der Waals surface area contributed by atoms with Crippen molar-refractivity contribution < 1.29 is 33.3 Å². The standard InChI is InChI=1S/C18H17N2O7P/c21-17(22)16-14-9-5-4-8-13(14)15-10-19(16)18(23)20(15)27-28(24,25)26-11-12-6-2-1-3-7-12/h1-9,15-16H,10-11H2,(H,21,22)(H,24,25)/t15-,16-/m1/s1. The van der Waals surface area contributed by atoms with Gasteiger partial charge < -0.3 is 14.9 Å². The number of phosphoric acid groups is 1. The van der Waals surface area contributed by atoms with Gasteiger partial charge in [0.2, 0.25) is 0 Å². The van der Waals surface area contributed by atoms with Crippen molar-refractivity contribution in [2.45, 2.75) is 18.7 Å². The molecule has 0 saturated carbocycles. The quantitative estimate of drug-likeness (QED) is 0.711. The summed E-state index contributed by atoms with van der Waals surface area (Å²) in [6, 6.07) is 12.7. The minimum Gasteiger partial charge on any atom is -0.479 e. The summed E-state index contributed by atoms with van der Waals surface area (Å²) in [5.74, 6) is -1.19. The number of carbonyl (C=O) groups excluding carboxylic acids is 1. The number of urea groups is 1. The molecule has 9 nitrogen and oxygen atoms in total. The van der Waals surface area contributed by atoms with Gasteiger partial charge in [0.25, 0.3) is 0 Å². The van der Waals surface area contributed by atoms with Crippen LogP contribution in [0.5, 0.6) is 0 Å². The Morgan fingerprint density at radius 3 is 2.43 bits per heavy atom. The first-order valence-corrected chi connectivity index (χ1v) is 9.99. The smallest absolute Gasteiger partial charge is 0.479 e. The molecule has 1 saturated heterocycles. The number of hydrogen-bond donors (Lipinski definition) is 2. The minimum atomic E-state index is -4.62. The van der Waals surface area contributed by atoms with Gasteiger partial charge in [0.1, 0.15) is 6.04 Å². The summed E-state index contributed by atoms with van der Waals surface area (Å²) in [6.45, 7) is -0.148. The number of nitrogens with zero attached hydrogens (tertiary/aromatic N) is 2. The average molecular weight is 404 g/mol. The molecule has 0 aromatic heterocycles. The van der Waals surface area contributed by atoms with E-state index in [0.29, 0.717) is 16.7 Å². The normalized spacial score (nSPS) is 22.7. The lowest BCUT2D eigenvalue weighted by Crippen LogP contribution is -2.38. The summed E-state index contributed by atoms with van der Waals surface area (Å²) in [5, 5.41) is 10.3. The molecule has 2 amide bonds. The molecular weight excluding hydrogens is 387 g/mol. The average Bonchev–Trinajstić information content (AvgIpc) is 2.94. The fourth-order valence-corrected chi connectivity index (χ4v) is 4.26. The van der Waals surface area contributed by atoms with Gasteiger partial charge in [-0.25, -0.2) is 14.2 Å². The number of hydrogen-bond acceptors (Lipinski definition) is 5. The third-order valence-corrected chi connectivity index (χ3v) is 5.55. The lowest BCUT2D eigenvalue weighted by atomic mass is 9.91. The van der Waals surface area contributed by atoms with Crippen LogP contribution in [0.3, 0.4) is 0 Å². The molecule has 10 heteroatoms. The number of fused-ring (bicyclic) bond motifs is 4. The number of carboxylic acid groups (broad SMARTS) is 1. The Bertz CT molecular complexity index is 967. The molecule has 2 aromatic rings. The summed E-state index contributed by atoms with van der Waals surface area (Å²) < 4.78 is 22.5. The van der Waals surface area contributed by atoms with Crippen LogP contribution in [0.15, 0.2) is 54.6 Å². The molecule has 2 N–H and O–H groups in total. The molecule has 4 rings (SSSR count). The van der Waals surface area contributed by atoms with Crippen LogP contribution in [0.4, 0.5) is 4.79 Å². The minimum absolute atomic E-state index is 0.0332. The van der Waals surface area contributed by atoms with Crippen LogP contribution in [0.25, 0.3) is 0 Å². The molecule has 2 heterocycles. The van der Waals surface area contributed by atoms with Gasteiger partial charge in [-0.3, -0.25) is 4.52 Å². The van der Waals surface area contributed by atoms with Crippen LogP contribution in [0.1, 0.15) is 28.8 Å². The highest BCUT2D eigenvalue weighted by molar-refractivity contribution is 7.47. The second-order valence-electron chi connectivity index (χ2n) is 6.46. The van der Waals surface area contributed by atoms with Crippen LogP contribution < -0.4 is 0 Å². The Balaban J connectivity index is 1.57. The first-order valence-electron chi connectivity index (χ1n) is 8.50. The second kappa shape index (κ2) is 7.03. The van der Waals surface area contributed by atoms with E-state index in [-0.39, 0.29) is 13.2 Å². The first-order chi connectivity index (χ1) is 13.4. The summed E-state index contributed by atoms with van der Waals surface area (Å²) in [7, 11) is -4.62. The number of benzene rings is 2. The van der Waals surface area contributed by atoms with Crippen molar-refractivity contribution in [2.24, 2.45) is 0 Å². The van der Waals surface area contributed by atoms with Crippen molar-refractivity contribution in [1.82, 2.24) is 9.96 Å². The van der Waals surface area contributed by atoms with Gasteiger partial charge in [-0.1, -0.05) is 54.6 Å². The Morgan fingerprint density at radius 2 is 1.75 bits per heavy atom. The molecule has 3 atom stereocenters. The van der Waals surface area contributed by atoms with Crippen LogP contribution in [-0.2, 0) is 25.1 Å². The van der Waals surface area contributed by atoms with Crippen LogP contribution in [0, 0.1) is 0 Å². The molecule has 0 aliphatic carbocycles. The fourth-order valence-electron chi connectivity index (χ4n) is 3.49. The van der Waals surface area contributed by atoms with Crippen LogP contribution in [0.2, 0.25) is 0 Å². The summed E-state index contributed by atoms with van der Waals surface area (Å²) >= 11 is 0. The third kappa shape index (κ3) is 3.29. The monoisotopic (exact) mass is 404 g/mol. The number of carbonyl (C=O) groups is 2. The van der Waals surface area contributed by atoms with Crippen molar-refractivity contribution in [1.29, 1.82) is 0 Å². The van der Waals surface area contributed by atoms with E-state index in [1.54, 1.807) is 54.6 Å². The van der Waals surface area contributed by atoms with E-state index in [9.17, 15) is 24.2 Å². The Morgan fingerprint density at radius 1 is 1.11 bits per heavy atom. The van der Waals surface area contributed by atoms with Crippen molar-refractivity contribution in [2.75, 3.05) is 6.54 Å². The number of amides is 2. The molecule has 0 radical (unpaired) electrons. The van der Waals surface area contributed by atoms with Gasteiger partial charge in [0.15, 0.2) is 6.04 Å². The highest BCUT2D eigenvalue weighted by Crippen LogP contribution is 2.51. The molecule has 2 aromatic carbocycles. The zero-order valence-corrected chi connectivity index (χ0v) is 15.4. The molecule has 28 heavy (non-hydrogen) atoms. The molecule has 0 spiro atoms. The van der Waals surface area contributed by atoms with Gasteiger partial charge >= 0.3 is 19.8 Å². The second-order valence-corrected chi connectivity index (χ2v) is 7.81. The SMILES string of the molecule is O=C(O)[C@H]1c2ccccc2[C@H]2CN1C(=O)N2OP(=O)(O)OCc1ccccc1. The van der Waals surface area contributed by atoms with Crippen LogP contribution in [-0.4, -0.2) is 38.5 Å². The number of hydroxylamine groups is 2. The first kappa shape index (κ1) is 18.6. The molecule has 1 fully saturated rings. The molecule has 2 aliphatic heterocycles. The van der Waals surface area contributed by atoms with Crippen LogP contribution >= 0.6 is 7.82 Å². The fraction of sp³-hybridized carbons (Fsp3) is 0.222. The molecule has 2 aliphatic rings. The van der Waals surface area contributed by atoms with E-state index in [1.165, 1.54) is 0 Å². The predicted molar refractivity (Wildman–Crippen MR) is 95.6 cm³/mol. The van der Waals surface area contributed by atoms with Crippen molar-refractivity contribution in [3.05, 3.63) is 71.3 Å². The summed E-state index contributed by atoms with van der Waals surface area (Å²) in [5.41, 5.74) is 1.66. The number of phosphoric ester groups is 1. The Hall–Kier alpha value is -2.71. The van der Waals surface area contributed by atoms with Crippen molar-refractivity contribution >= 4 is 19.8 Å². The van der Waals surface area contributed by atoms with E-state index >= 15 is 0 Å². The van der Waals surface area contributed by atoms with Gasteiger partial charge in [-0.2, -0.15) is 9.69 Å². The lowest BCUT2D eigenvalue weighted by Gasteiger charge is -2.30. The van der Waals surface area contributed by atoms with Gasteiger partial charge in [-0.05, 0) is 16.7 Å². The van der Waals surface area contributed by atoms with E-state index in [1.807, 2.05) is 0 Å². The summed E-state index contributed by atoms with van der Waals surface area (Å²) in [6.07, 6.45) is 0. The Kier molecular flexibility index (Phi) is 4.68. The third-order valence-electron chi connectivity index (χ3n) is 4.71. The van der Waals surface area contributed by atoms with E-state index in [0.717, 1.165) is 9.96 Å². The number of aliphatic carboxylic acids is 1. The van der Waals surface area contributed by atoms with Gasteiger partial charge in [-0.15, -0.1) is 0 Å². The molecule has 2 bridgehead atoms. The Labute approximate surface area is 160 Å². The van der Waals surface area contributed by atoms with E-state index < -0.39 is 31.9 Å². The highest BCUT2D eigenvalue weighted by Gasteiger charge is 2.52. The zero-order chi connectivity index (χ0) is 19.9. The number of rotatable bonds is 6. The van der Waals surface area contributed by atoms with Crippen molar-refractivity contribution in [3.8, 4) is 0 Å². The topological polar surface area (TPSA) is 117 Å². The lowest BCUT2D eigenvalue weighted by molar-refractivity contribution is -0.142. The number of carboxylic acids is 1. The van der Waals surface area contributed by atoms with Gasteiger partial charge in [0.05, 0.1) is 13.2 Å². The maximum Gasteiger partial charge on any atom is 0.494 e. The molecular formula is C18H17N2O7P. The van der Waals surface area contributed by atoms with Crippen molar-refractivity contribution in [3.63, 3.8) is 0 Å². The summed E-state index contributed by atoms with van der Waals surface area (Å²) in [4.78, 5) is 35.6. The largest absolute Gasteiger partial charge is 0.494 e. The zero-order valence-electron chi connectivity index (χ0n) is 14.5. The maximum absolute atomic E-state index is 12.7. The van der Waals surface area contributed by atoms with E-state index in [4.69, 9.17) is 9.15 Å². The highest BCUT2D eigenvalue weighted by atomic mass is 31.2. The van der Waals surface area contributed by atoms with Gasteiger partial charge in [0, 0.05) is 0 Å². The molecule has 1 unspecified atom stereocenters. The van der Waals surface area contributed by atoms with E-state index in [2.05, 4.69) is 0 Å². The maximum atomic E-state index is 12.7. The molecule has 146 valence electrons.